The van der Waals surface area contributed by atoms with Crippen LogP contribution in [0, 0.1) is 0 Å². The third-order valence-corrected chi connectivity index (χ3v) is 12.3. The van der Waals surface area contributed by atoms with Crippen LogP contribution in [0.4, 0.5) is 0 Å². The molecule has 1 atom stereocenters. The fourth-order valence-electron chi connectivity index (χ4n) is 7.78. The predicted molar refractivity (Wildman–Crippen MR) is 329 cm³/mol. The minimum Gasteiger partial charge on any atom is -0.462 e. The van der Waals surface area contributed by atoms with Crippen molar-refractivity contribution in [1.82, 2.24) is 0 Å². The van der Waals surface area contributed by atoms with Gasteiger partial charge in [0.2, 0.25) is 0 Å². The number of ether oxygens (including phenoxy) is 3. The first-order chi connectivity index (χ1) is 37.5. The van der Waals surface area contributed by atoms with Crippen molar-refractivity contribution in [2.75, 3.05) is 13.2 Å². The SMILES string of the molecule is CC/C=C\C/C=C\C/C=C\C/C=C\C/C=C\C/C=C\C/C=C\C/C=C\CCCCC(=O)OCC(COC(=O)CCCCCCCCCCCC)OC(=O)CCCCCCC/C=C\C/C=C\C/C=C\C/C=C\C/C=C\CC. The molecule has 0 rings (SSSR count). The summed E-state index contributed by atoms with van der Waals surface area (Å²) in [6, 6.07) is 0. The molecule has 1 unspecified atom stereocenters. The second-order valence-electron chi connectivity index (χ2n) is 19.5. The molecule has 0 radical (unpaired) electrons. The van der Waals surface area contributed by atoms with Crippen LogP contribution in [0.3, 0.4) is 0 Å². The Labute approximate surface area is 467 Å². The van der Waals surface area contributed by atoms with Gasteiger partial charge >= 0.3 is 17.9 Å². The summed E-state index contributed by atoms with van der Waals surface area (Å²) in [5, 5.41) is 0. The summed E-state index contributed by atoms with van der Waals surface area (Å²) >= 11 is 0. The summed E-state index contributed by atoms with van der Waals surface area (Å²) in [6.07, 6.45) is 91.0. The lowest BCUT2D eigenvalue weighted by atomic mass is 10.1. The largest absolute Gasteiger partial charge is 0.462 e. The van der Waals surface area contributed by atoms with E-state index in [1.165, 1.54) is 44.9 Å². The number of rotatable bonds is 53. The maximum absolute atomic E-state index is 12.9. The maximum atomic E-state index is 12.9. The van der Waals surface area contributed by atoms with Gasteiger partial charge in [-0.15, -0.1) is 0 Å². The quantitative estimate of drug-likeness (QED) is 0.0261. The average Bonchev–Trinajstić information content (AvgIpc) is 3.42. The minimum atomic E-state index is -0.813. The molecule has 0 aromatic rings. The van der Waals surface area contributed by atoms with Gasteiger partial charge in [-0.3, -0.25) is 14.4 Å². The molecule has 426 valence electrons. The van der Waals surface area contributed by atoms with Gasteiger partial charge < -0.3 is 14.2 Å². The molecule has 0 aromatic carbocycles. The third-order valence-electron chi connectivity index (χ3n) is 12.3. The van der Waals surface area contributed by atoms with E-state index in [0.717, 1.165) is 154 Å². The number of esters is 3. The summed E-state index contributed by atoms with van der Waals surface area (Å²) in [4.78, 5) is 38.2. The van der Waals surface area contributed by atoms with Gasteiger partial charge in [-0.1, -0.05) is 256 Å². The normalized spacial score (nSPS) is 13.2. The molecule has 0 amide bonds. The molecule has 0 aliphatic rings. The first-order valence-electron chi connectivity index (χ1n) is 30.5. The van der Waals surface area contributed by atoms with Crippen molar-refractivity contribution in [3.63, 3.8) is 0 Å². The van der Waals surface area contributed by atoms with Crippen LogP contribution in [0.5, 0.6) is 0 Å². The van der Waals surface area contributed by atoms with Crippen molar-refractivity contribution in [3.8, 4) is 0 Å². The Balaban J connectivity index is 4.44. The zero-order valence-electron chi connectivity index (χ0n) is 48.7. The Morgan fingerprint density at radius 1 is 0.276 bits per heavy atom. The van der Waals surface area contributed by atoms with Crippen LogP contribution in [-0.4, -0.2) is 37.2 Å². The molecule has 0 N–H and O–H groups in total. The summed E-state index contributed by atoms with van der Waals surface area (Å²) in [6.45, 7) is 6.34. The van der Waals surface area contributed by atoms with E-state index in [1.54, 1.807) is 0 Å². The number of allylic oxidation sites excluding steroid dienone is 26. The zero-order valence-corrected chi connectivity index (χ0v) is 48.7. The summed E-state index contributed by atoms with van der Waals surface area (Å²) in [5.41, 5.74) is 0. The standard InChI is InChI=1S/C70H110O6/c1-4-7-10-13-16-19-22-24-26-28-30-32-33-34-35-36-37-39-40-42-44-46-48-51-54-57-60-63-69(72)75-66-67(65-74-68(71)62-59-56-53-50-21-18-15-12-9-6-3)76-70(73)64-61-58-55-52-49-47-45-43-41-38-31-29-27-25-23-20-17-14-11-8-5-2/h7-8,10-11,16-17,19-20,24-27,30-32,34-35,37-39,42-45,48,51,67H,4-6,9,12-15,18,21-23,28-29,33,36,40-41,46-47,49-50,52-66H2,1-3H3/b10-7-,11-8-,19-16-,20-17-,26-24-,27-25-,32-30-,35-34-,38-31-,39-37-,44-42-,45-43-,51-48-. The molecule has 6 heteroatoms. The summed E-state index contributed by atoms with van der Waals surface area (Å²) < 4.78 is 16.8. The summed E-state index contributed by atoms with van der Waals surface area (Å²) in [5.74, 6) is -0.977. The lowest BCUT2D eigenvalue weighted by Crippen LogP contribution is -2.30. The van der Waals surface area contributed by atoms with Crippen LogP contribution in [0.25, 0.3) is 0 Å². The number of carbonyl (C=O) groups is 3. The maximum Gasteiger partial charge on any atom is 0.306 e. The zero-order chi connectivity index (χ0) is 55.0. The lowest BCUT2D eigenvalue weighted by Gasteiger charge is -2.18. The highest BCUT2D eigenvalue weighted by Crippen LogP contribution is 2.14. The molecule has 0 bridgehead atoms. The average molecular weight is 1050 g/mol. The number of carbonyl (C=O) groups excluding carboxylic acids is 3. The topological polar surface area (TPSA) is 78.9 Å². The minimum absolute atomic E-state index is 0.105. The Kier molecular flexibility index (Phi) is 58.5. The lowest BCUT2D eigenvalue weighted by molar-refractivity contribution is -0.167. The van der Waals surface area contributed by atoms with Crippen LogP contribution < -0.4 is 0 Å². The van der Waals surface area contributed by atoms with Gasteiger partial charge in [-0.25, -0.2) is 0 Å². The van der Waals surface area contributed by atoms with Crippen LogP contribution in [0.15, 0.2) is 158 Å². The second kappa shape index (κ2) is 62.6. The molecule has 0 aliphatic heterocycles. The van der Waals surface area contributed by atoms with Crippen molar-refractivity contribution in [1.29, 1.82) is 0 Å². The number of unbranched alkanes of at least 4 members (excludes halogenated alkanes) is 16. The van der Waals surface area contributed by atoms with Crippen molar-refractivity contribution in [3.05, 3.63) is 158 Å². The number of hydrogen-bond acceptors (Lipinski definition) is 6. The molecule has 0 fully saturated rings. The highest BCUT2D eigenvalue weighted by molar-refractivity contribution is 5.71. The first-order valence-corrected chi connectivity index (χ1v) is 30.5. The number of hydrogen-bond donors (Lipinski definition) is 0. The molecule has 76 heavy (non-hydrogen) atoms. The summed E-state index contributed by atoms with van der Waals surface area (Å²) in [7, 11) is 0. The molecule has 0 aromatic heterocycles. The van der Waals surface area contributed by atoms with Gasteiger partial charge in [0.15, 0.2) is 6.10 Å². The highest BCUT2D eigenvalue weighted by Gasteiger charge is 2.19. The van der Waals surface area contributed by atoms with E-state index in [1.807, 2.05) is 0 Å². The van der Waals surface area contributed by atoms with E-state index in [2.05, 4.69) is 179 Å². The van der Waals surface area contributed by atoms with E-state index in [9.17, 15) is 14.4 Å². The third kappa shape index (κ3) is 59.9. The van der Waals surface area contributed by atoms with Crippen molar-refractivity contribution < 1.29 is 28.6 Å². The second-order valence-corrected chi connectivity index (χ2v) is 19.5. The van der Waals surface area contributed by atoms with Crippen molar-refractivity contribution in [2.45, 2.75) is 252 Å². The van der Waals surface area contributed by atoms with Gasteiger partial charge in [0, 0.05) is 19.3 Å². The Morgan fingerprint density at radius 3 is 0.829 bits per heavy atom. The van der Waals surface area contributed by atoms with Gasteiger partial charge in [0.25, 0.3) is 0 Å². The molecule has 0 saturated carbocycles. The fourth-order valence-corrected chi connectivity index (χ4v) is 7.78. The van der Waals surface area contributed by atoms with Crippen LogP contribution in [0.2, 0.25) is 0 Å². The van der Waals surface area contributed by atoms with Crippen LogP contribution in [-0.2, 0) is 28.6 Å². The van der Waals surface area contributed by atoms with E-state index >= 15 is 0 Å². The van der Waals surface area contributed by atoms with Gasteiger partial charge in [-0.05, 0) is 128 Å². The Bertz CT molecular complexity index is 1720. The van der Waals surface area contributed by atoms with E-state index < -0.39 is 6.10 Å². The van der Waals surface area contributed by atoms with E-state index in [-0.39, 0.29) is 31.1 Å². The predicted octanol–water partition coefficient (Wildman–Crippen LogP) is 20.9. The van der Waals surface area contributed by atoms with Crippen LogP contribution in [0.1, 0.15) is 245 Å². The van der Waals surface area contributed by atoms with Gasteiger partial charge in [0.05, 0.1) is 0 Å². The van der Waals surface area contributed by atoms with Gasteiger partial charge in [-0.2, -0.15) is 0 Å². The smallest absolute Gasteiger partial charge is 0.306 e. The molecule has 0 saturated heterocycles. The van der Waals surface area contributed by atoms with Crippen molar-refractivity contribution in [2.24, 2.45) is 0 Å². The molecule has 0 heterocycles. The molecular weight excluding hydrogens is 937 g/mol. The van der Waals surface area contributed by atoms with E-state index in [4.69, 9.17) is 14.2 Å². The fraction of sp³-hybridized carbons (Fsp3) is 0.586. The van der Waals surface area contributed by atoms with Crippen molar-refractivity contribution >= 4 is 17.9 Å². The van der Waals surface area contributed by atoms with Crippen LogP contribution >= 0.6 is 0 Å². The first kappa shape index (κ1) is 71.0. The Hall–Kier alpha value is -4.97. The molecule has 0 aliphatic carbocycles. The molecule has 0 spiro atoms. The molecular formula is C70H110O6. The monoisotopic (exact) mass is 1050 g/mol. The molecule has 6 nitrogen and oxygen atoms in total. The Morgan fingerprint density at radius 2 is 0.513 bits per heavy atom. The van der Waals surface area contributed by atoms with E-state index in [0.29, 0.717) is 25.7 Å². The van der Waals surface area contributed by atoms with Gasteiger partial charge in [0.1, 0.15) is 13.2 Å². The highest BCUT2D eigenvalue weighted by atomic mass is 16.6.